The van der Waals surface area contributed by atoms with Crippen LogP contribution in [0.2, 0.25) is 0 Å². The second-order valence-corrected chi connectivity index (χ2v) is 9.63. The first-order chi connectivity index (χ1) is 16.0. The van der Waals surface area contributed by atoms with Crippen LogP contribution in [0.5, 0.6) is 0 Å². The summed E-state index contributed by atoms with van der Waals surface area (Å²) in [7, 11) is 2.25. The highest BCUT2D eigenvalue weighted by atomic mass is 15.3. The van der Waals surface area contributed by atoms with Gasteiger partial charge in [-0.2, -0.15) is 0 Å². The third-order valence-corrected chi connectivity index (χ3v) is 7.16. The maximum atomic E-state index is 3.92. The molecule has 3 heteroatoms. The molecule has 3 aromatic carbocycles. The van der Waals surface area contributed by atoms with E-state index < -0.39 is 0 Å². The van der Waals surface area contributed by atoms with Gasteiger partial charge in [0.15, 0.2) is 0 Å². The van der Waals surface area contributed by atoms with Crippen LogP contribution in [0.4, 0.5) is 0 Å². The Balaban J connectivity index is 0.00000126. The van der Waals surface area contributed by atoms with E-state index in [0.717, 1.165) is 19.6 Å². The van der Waals surface area contributed by atoms with Gasteiger partial charge in [0, 0.05) is 24.5 Å². The third kappa shape index (κ3) is 4.79. The molecule has 0 spiro atoms. The first-order valence-corrected chi connectivity index (χ1v) is 12.5. The fourth-order valence-electron chi connectivity index (χ4n) is 5.68. The Labute approximate surface area is 200 Å². The van der Waals surface area contributed by atoms with Crippen LogP contribution in [0.25, 0.3) is 10.8 Å². The zero-order valence-corrected chi connectivity index (χ0v) is 20.9. The van der Waals surface area contributed by atoms with Crippen molar-refractivity contribution in [3.8, 4) is 0 Å². The first-order valence-electron chi connectivity index (χ1n) is 12.5. The van der Waals surface area contributed by atoms with Crippen molar-refractivity contribution in [2.45, 2.75) is 52.7 Å². The highest BCUT2D eigenvalue weighted by molar-refractivity contribution is 5.86. The SMILES string of the molecule is CC.C[C@@H](NC1=CC2(C)CN(C)CCC2N1Cc1ccccc1)c1cccc2ccccc12. The topological polar surface area (TPSA) is 18.5 Å². The van der Waals surface area contributed by atoms with Crippen LogP contribution in [-0.2, 0) is 6.54 Å². The Bertz CT molecular complexity index is 1080. The lowest BCUT2D eigenvalue weighted by molar-refractivity contribution is 0.0696. The average Bonchev–Trinajstić information content (AvgIpc) is 3.10. The van der Waals surface area contributed by atoms with Crippen molar-refractivity contribution < 1.29 is 0 Å². The molecule has 0 radical (unpaired) electrons. The fraction of sp³-hybridized carbons (Fsp3) is 0.400. The molecule has 174 valence electrons. The number of rotatable bonds is 5. The highest BCUT2D eigenvalue weighted by Crippen LogP contribution is 2.43. The number of nitrogens with zero attached hydrogens (tertiary/aromatic N) is 2. The van der Waals surface area contributed by atoms with Crippen LogP contribution in [0.1, 0.15) is 51.3 Å². The van der Waals surface area contributed by atoms with E-state index >= 15 is 0 Å². The number of nitrogens with one attached hydrogen (secondary N) is 1. The molecule has 2 aliphatic rings. The molecule has 33 heavy (non-hydrogen) atoms. The summed E-state index contributed by atoms with van der Waals surface area (Å²) in [5.41, 5.74) is 2.90. The molecule has 2 heterocycles. The normalized spacial score (nSPS) is 23.4. The Hall–Kier alpha value is -2.78. The minimum absolute atomic E-state index is 0.169. The summed E-state index contributed by atoms with van der Waals surface area (Å²) in [6.07, 6.45) is 3.71. The average molecular weight is 442 g/mol. The molecule has 1 N–H and O–H groups in total. The van der Waals surface area contributed by atoms with Gasteiger partial charge >= 0.3 is 0 Å². The van der Waals surface area contributed by atoms with Crippen LogP contribution in [0, 0.1) is 5.41 Å². The summed E-state index contributed by atoms with van der Waals surface area (Å²) in [4.78, 5) is 5.11. The van der Waals surface area contributed by atoms with Gasteiger partial charge in [0.1, 0.15) is 0 Å². The quantitative estimate of drug-likeness (QED) is 0.482. The van der Waals surface area contributed by atoms with Crippen molar-refractivity contribution in [3.05, 3.63) is 95.8 Å². The Kier molecular flexibility index (Phi) is 7.09. The number of fused-ring (bicyclic) bond motifs is 2. The molecular weight excluding hydrogens is 402 g/mol. The molecule has 5 rings (SSSR count). The summed E-state index contributed by atoms with van der Waals surface area (Å²) in [5.74, 6) is 1.28. The lowest BCUT2D eigenvalue weighted by atomic mass is 9.79. The van der Waals surface area contributed by atoms with E-state index in [0.29, 0.717) is 6.04 Å². The van der Waals surface area contributed by atoms with Crippen molar-refractivity contribution >= 4 is 10.8 Å². The summed E-state index contributed by atoms with van der Waals surface area (Å²) in [6, 6.07) is 27.0. The second kappa shape index (κ2) is 10.0. The lowest BCUT2D eigenvalue weighted by Crippen LogP contribution is -2.51. The number of benzene rings is 3. The smallest absolute Gasteiger partial charge is 0.0989 e. The number of hydrogen-bond donors (Lipinski definition) is 1. The van der Waals surface area contributed by atoms with Gasteiger partial charge in [0.25, 0.3) is 0 Å². The molecule has 1 fully saturated rings. The van der Waals surface area contributed by atoms with E-state index in [1.54, 1.807) is 0 Å². The number of hydrogen-bond acceptors (Lipinski definition) is 3. The van der Waals surface area contributed by atoms with E-state index in [9.17, 15) is 0 Å². The van der Waals surface area contributed by atoms with Crippen LogP contribution < -0.4 is 5.32 Å². The van der Waals surface area contributed by atoms with E-state index in [2.05, 4.69) is 115 Å². The van der Waals surface area contributed by atoms with Crippen LogP contribution in [-0.4, -0.2) is 36.0 Å². The molecule has 3 nitrogen and oxygen atoms in total. The molecule has 0 amide bonds. The van der Waals surface area contributed by atoms with Crippen LogP contribution in [0.3, 0.4) is 0 Å². The molecule has 2 aliphatic heterocycles. The van der Waals surface area contributed by atoms with Gasteiger partial charge in [0.05, 0.1) is 11.9 Å². The van der Waals surface area contributed by atoms with Crippen molar-refractivity contribution in [3.63, 3.8) is 0 Å². The lowest BCUT2D eigenvalue weighted by Gasteiger charge is -2.44. The van der Waals surface area contributed by atoms with E-state index in [4.69, 9.17) is 0 Å². The van der Waals surface area contributed by atoms with E-state index in [1.165, 1.54) is 34.1 Å². The van der Waals surface area contributed by atoms with Gasteiger partial charge in [0.2, 0.25) is 0 Å². The summed E-state index contributed by atoms with van der Waals surface area (Å²) < 4.78 is 0. The van der Waals surface area contributed by atoms with Crippen molar-refractivity contribution in [1.29, 1.82) is 0 Å². The summed E-state index contributed by atoms with van der Waals surface area (Å²) in [5, 5.41) is 6.56. The molecule has 0 aromatic heterocycles. The largest absolute Gasteiger partial charge is 0.365 e. The van der Waals surface area contributed by atoms with Crippen molar-refractivity contribution in [2.75, 3.05) is 20.1 Å². The Morgan fingerprint density at radius 1 is 0.970 bits per heavy atom. The summed E-state index contributed by atoms with van der Waals surface area (Å²) in [6.45, 7) is 11.9. The fourth-order valence-corrected chi connectivity index (χ4v) is 5.68. The standard InChI is InChI=1S/C28H33N3.C2H6/c1-21(24-15-9-13-23-12-7-8-14-25(23)24)29-27-18-28(2)20-30(3)17-16-26(28)31(27)19-22-10-5-4-6-11-22;1-2/h4-15,18,21,26,29H,16-17,19-20H2,1-3H3;1-2H3/t21-,26?,28?;/m1./s1. The van der Waals surface area contributed by atoms with Gasteiger partial charge in [-0.3, -0.25) is 0 Å². The monoisotopic (exact) mass is 441 g/mol. The number of piperidine rings is 1. The van der Waals surface area contributed by atoms with Gasteiger partial charge in [-0.15, -0.1) is 0 Å². The second-order valence-electron chi connectivity index (χ2n) is 9.63. The predicted octanol–water partition coefficient (Wildman–Crippen LogP) is 6.58. The van der Waals surface area contributed by atoms with Gasteiger partial charge in [-0.1, -0.05) is 93.6 Å². The minimum atomic E-state index is 0.169. The van der Waals surface area contributed by atoms with Crippen LogP contribution in [0.15, 0.2) is 84.7 Å². The number of likely N-dealkylation sites (tertiary alicyclic amines) is 1. The maximum absolute atomic E-state index is 3.92. The van der Waals surface area contributed by atoms with Gasteiger partial charge in [-0.25, -0.2) is 0 Å². The molecule has 2 unspecified atom stereocenters. The molecular formula is C30H39N3. The molecule has 0 aliphatic carbocycles. The summed E-state index contributed by atoms with van der Waals surface area (Å²) >= 11 is 0. The minimum Gasteiger partial charge on any atom is -0.365 e. The molecule has 0 saturated carbocycles. The predicted molar refractivity (Wildman–Crippen MR) is 141 cm³/mol. The first kappa shape index (κ1) is 23.4. The van der Waals surface area contributed by atoms with Gasteiger partial charge in [-0.05, 0) is 54.9 Å². The van der Waals surface area contributed by atoms with E-state index in [-0.39, 0.29) is 11.5 Å². The van der Waals surface area contributed by atoms with E-state index in [1.807, 2.05) is 13.8 Å². The zero-order valence-electron chi connectivity index (χ0n) is 20.9. The van der Waals surface area contributed by atoms with Gasteiger partial charge < -0.3 is 15.1 Å². The zero-order chi connectivity index (χ0) is 23.4. The Morgan fingerprint density at radius 3 is 2.45 bits per heavy atom. The van der Waals surface area contributed by atoms with Crippen molar-refractivity contribution in [2.24, 2.45) is 5.41 Å². The Morgan fingerprint density at radius 2 is 1.67 bits per heavy atom. The molecule has 3 aromatic rings. The third-order valence-electron chi connectivity index (χ3n) is 7.16. The highest BCUT2D eigenvalue weighted by Gasteiger charge is 2.46. The maximum Gasteiger partial charge on any atom is 0.0989 e. The molecule has 1 saturated heterocycles. The molecule has 3 atom stereocenters. The van der Waals surface area contributed by atoms with Crippen molar-refractivity contribution in [1.82, 2.24) is 15.1 Å². The van der Waals surface area contributed by atoms with Crippen LogP contribution >= 0.6 is 0 Å². The molecule has 0 bridgehead atoms.